The summed E-state index contributed by atoms with van der Waals surface area (Å²) in [6.07, 6.45) is 1.06. The summed E-state index contributed by atoms with van der Waals surface area (Å²) in [7, 11) is -11.5. The van der Waals surface area contributed by atoms with Crippen molar-refractivity contribution in [1.29, 1.82) is 0 Å². The normalized spacial score (nSPS) is 16.7. The largest absolute Gasteiger partial charge is 0.282 e. The Labute approximate surface area is 105 Å². The van der Waals surface area contributed by atoms with Crippen molar-refractivity contribution in [2.75, 3.05) is 12.5 Å². The van der Waals surface area contributed by atoms with Crippen LogP contribution < -0.4 is 0 Å². The maximum atomic E-state index is 11.3. The highest BCUT2D eigenvalue weighted by Crippen LogP contribution is 2.34. The van der Waals surface area contributed by atoms with Crippen molar-refractivity contribution in [2.45, 2.75) is 3.12 Å². The Morgan fingerprint density at radius 2 is 1.27 bits per heavy atom. The SMILES string of the molecule is CS(=O)(=O)N(S(=O)C(Cl)(Cl)Cl)S(C)(=O)=O. The lowest BCUT2D eigenvalue weighted by atomic mass is 11.8. The molecule has 0 aromatic rings. The summed E-state index contributed by atoms with van der Waals surface area (Å²) >= 11 is 15.5. The number of sulfonamides is 2. The van der Waals surface area contributed by atoms with Gasteiger partial charge in [0.2, 0.25) is 20.0 Å². The second-order valence-corrected chi connectivity index (χ2v) is 11.2. The quantitative estimate of drug-likeness (QED) is 0.686. The minimum absolute atomic E-state index is 0.354. The number of hydrogen-bond acceptors (Lipinski definition) is 5. The zero-order valence-electron chi connectivity index (χ0n) is 7.35. The lowest BCUT2D eigenvalue weighted by molar-refractivity contribution is 0.556. The first kappa shape index (κ1) is 15.9. The standard InChI is InChI=1S/C3H6Cl3NO5S3/c1-14(9,10)7(15(2,11)12)13(8)3(4,5)6/h1-2H3. The first-order valence-electron chi connectivity index (χ1n) is 2.97. The molecule has 0 fully saturated rings. The topological polar surface area (TPSA) is 88.6 Å². The van der Waals surface area contributed by atoms with Crippen molar-refractivity contribution in [2.24, 2.45) is 0 Å². The molecule has 0 rings (SSSR count). The van der Waals surface area contributed by atoms with E-state index in [1.165, 1.54) is 0 Å². The summed E-state index contributed by atoms with van der Waals surface area (Å²) in [5.41, 5.74) is 0. The van der Waals surface area contributed by atoms with E-state index < -0.39 is 34.2 Å². The van der Waals surface area contributed by atoms with Gasteiger partial charge in [0, 0.05) is 0 Å². The van der Waals surface area contributed by atoms with E-state index in [4.69, 9.17) is 34.8 Å². The Morgan fingerprint density at radius 1 is 1.00 bits per heavy atom. The predicted molar refractivity (Wildman–Crippen MR) is 60.0 cm³/mol. The van der Waals surface area contributed by atoms with Gasteiger partial charge in [-0.2, -0.15) is 0 Å². The molecule has 0 saturated heterocycles. The molecular weight excluding hydrogens is 333 g/mol. The molecule has 92 valence electrons. The van der Waals surface area contributed by atoms with Gasteiger partial charge in [0.05, 0.1) is 12.5 Å². The van der Waals surface area contributed by atoms with Crippen LogP contribution in [0.5, 0.6) is 0 Å². The molecule has 15 heavy (non-hydrogen) atoms. The fraction of sp³-hybridized carbons (Fsp3) is 1.00. The first-order valence-corrected chi connectivity index (χ1v) is 8.91. The van der Waals surface area contributed by atoms with Crippen LogP contribution in [0.25, 0.3) is 0 Å². The number of halogens is 3. The van der Waals surface area contributed by atoms with Gasteiger partial charge in [0.1, 0.15) is 0 Å². The summed E-state index contributed by atoms with van der Waals surface area (Å²) in [6.45, 7) is 0. The summed E-state index contributed by atoms with van der Waals surface area (Å²) in [5.74, 6) is 0. The summed E-state index contributed by atoms with van der Waals surface area (Å²) < 4.78 is 52.6. The fourth-order valence-electron chi connectivity index (χ4n) is 0.576. The molecule has 1 atom stereocenters. The van der Waals surface area contributed by atoms with Gasteiger partial charge in [-0.05, 0) is 3.12 Å². The smallest absolute Gasteiger partial charge is 0.236 e. The zero-order chi connectivity index (χ0) is 12.7. The molecule has 0 bridgehead atoms. The zero-order valence-corrected chi connectivity index (χ0v) is 12.1. The summed E-state index contributed by atoms with van der Waals surface area (Å²) in [4.78, 5) is 0. The van der Waals surface area contributed by atoms with E-state index in [-0.39, 0.29) is 3.12 Å². The molecule has 0 aromatic heterocycles. The molecule has 0 N–H and O–H groups in total. The first-order chi connectivity index (χ1) is 6.28. The van der Waals surface area contributed by atoms with Crippen LogP contribution >= 0.6 is 34.8 Å². The molecule has 0 spiro atoms. The monoisotopic (exact) mass is 337 g/mol. The highest BCUT2D eigenvalue weighted by Gasteiger charge is 2.44. The average Bonchev–Trinajstić information content (AvgIpc) is 1.76. The van der Waals surface area contributed by atoms with Crippen LogP contribution in [0.4, 0.5) is 0 Å². The van der Waals surface area contributed by atoms with Gasteiger partial charge in [-0.15, -0.1) is 0 Å². The summed E-state index contributed by atoms with van der Waals surface area (Å²) in [5, 5.41) is 0. The second kappa shape index (κ2) is 4.63. The Hall–Kier alpha value is 0.880. The molecule has 1 unspecified atom stereocenters. The van der Waals surface area contributed by atoms with Crippen molar-refractivity contribution in [1.82, 2.24) is 3.12 Å². The highest BCUT2D eigenvalue weighted by molar-refractivity contribution is 8.16. The number of alkyl halides is 3. The molecule has 0 saturated carbocycles. The molecular formula is C3H6Cl3NO5S3. The van der Waals surface area contributed by atoms with Gasteiger partial charge in [0.25, 0.3) is 3.12 Å². The predicted octanol–water partition coefficient (Wildman–Crippen LogP) is 0.199. The third-order valence-electron chi connectivity index (χ3n) is 0.875. The van der Waals surface area contributed by atoms with Crippen molar-refractivity contribution >= 4 is 65.8 Å². The molecule has 0 aliphatic heterocycles. The van der Waals surface area contributed by atoms with Crippen LogP contribution in [0, 0.1) is 0 Å². The van der Waals surface area contributed by atoms with Crippen molar-refractivity contribution < 1.29 is 21.0 Å². The van der Waals surface area contributed by atoms with E-state index in [0.29, 0.717) is 12.5 Å². The minimum Gasteiger partial charge on any atom is -0.236 e. The number of nitrogens with zero attached hydrogens (tertiary/aromatic N) is 1. The Morgan fingerprint density at radius 3 is 1.33 bits per heavy atom. The van der Waals surface area contributed by atoms with Crippen LogP contribution in [0.15, 0.2) is 0 Å². The minimum atomic E-state index is -4.31. The fourth-order valence-corrected chi connectivity index (χ4v) is 6.71. The van der Waals surface area contributed by atoms with Gasteiger partial charge >= 0.3 is 0 Å². The third kappa shape index (κ3) is 4.72. The van der Waals surface area contributed by atoms with E-state index in [0.717, 1.165) is 0 Å². The van der Waals surface area contributed by atoms with Gasteiger partial charge in [-0.25, -0.2) is 21.0 Å². The maximum Gasteiger partial charge on any atom is 0.282 e. The van der Waals surface area contributed by atoms with Gasteiger partial charge in [-0.3, -0.25) is 0 Å². The molecule has 0 heterocycles. The average molecular weight is 339 g/mol. The van der Waals surface area contributed by atoms with E-state index in [1.807, 2.05) is 0 Å². The van der Waals surface area contributed by atoms with E-state index in [2.05, 4.69) is 0 Å². The molecule has 12 heteroatoms. The van der Waals surface area contributed by atoms with E-state index in [9.17, 15) is 21.0 Å². The maximum absolute atomic E-state index is 11.3. The summed E-state index contributed by atoms with van der Waals surface area (Å²) in [6, 6.07) is 0. The number of hydrogen-bond donors (Lipinski definition) is 0. The van der Waals surface area contributed by atoms with E-state index in [1.54, 1.807) is 0 Å². The molecule has 0 radical (unpaired) electrons. The van der Waals surface area contributed by atoms with Crippen LogP contribution in [0.2, 0.25) is 0 Å². The third-order valence-corrected chi connectivity index (χ3v) is 7.87. The van der Waals surface area contributed by atoms with Crippen molar-refractivity contribution in [3.8, 4) is 0 Å². The van der Waals surface area contributed by atoms with Crippen molar-refractivity contribution in [3.05, 3.63) is 0 Å². The molecule has 0 aliphatic rings. The van der Waals surface area contributed by atoms with Gasteiger partial charge in [-0.1, -0.05) is 34.8 Å². The van der Waals surface area contributed by atoms with Crippen LogP contribution in [0.3, 0.4) is 0 Å². The molecule has 6 nitrogen and oxygen atoms in total. The molecule has 0 aliphatic carbocycles. The van der Waals surface area contributed by atoms with Crippen LogP contribution in [0.1, 0.15) is 0 Å². The Kier molecular flexibility index (Phi) is 4.90. The van der Waals surface area contributed by atoms with Crippen LogP contribution in [-0.4, -0.2) is 39.8 Å². The van der Waals surface area contributed by atoms with E-state index >= 15 is 0 Å². The van der Waals surface area contributed by atoms with Crippen LogP contribution in [-0.2, 0) is 31.0 Å². The second-order valence-electron chi connectivity index (χ2n) is 2.38. The van der Waals surface area contributed by atoms with Gasteiger partial charge in [0.15, 0.2) is 11.0 Å². The Balaban J connectivity index is 5.69. The van der Waals surface area contributed by atoms with Gasteiger partial charge < -0.3 is 0 Å². The lowest BCUT2D eigenvalue weighted by Crippen LogP contribution is -2.41. The Bertz CT molecular complexity index is 429. The lowest BCUT2D eigenvalue weighted by Gasteiger charge is -2.20. The molecule has 0 amide bonds. The highest BCUT2D eigenvalue weighted by atomic mass is 35.6. The van der Waals surface area contributed by atoms with Crippen molar-refractivity contribution in [3.63, 3.8) is 0 Å². The number of rotatable bonds is 3. The molecule has 0 aromatic carbocycles.